The first kappa shape index (κ1) is 15.3. The first-order valence-electron chi connectivity index (χ1n) is 7.64. The first-order chi connectivity index (χ1) is 11.1. The average molecular weight is 315 g/mol. The van der Waals surface area contributed by atoms with Crippen LogP contribution in [0.1, 0.15) is 12.8 Å². The quantitative estimate of drug-likeness (QED) is 0.688. The van der Waals surface area contributed by atoms with Crippen LogP contribution in [0.4, 0.5) is 21.5 Å². The Kier molecular flexibility index (Phi) is 4.41. The van der Waals surface area contributed by atoms with E-state index in [2.05, 4.69) is 22.3 Å². The van der Waals surface area contributed by atoms with Crippen molar-refractivity contribution >= 4 is 17.1 Å². The highest BCUT2D eigenvalue weighted by molar-refractivity contribution is 5.62. The van der Waals surface area contributed by atoms with E-state index in [0.29, 0.717) is 0 Å². The Morgan fingerprint density at radius 2 is 1.83 bits per heavy atom. The van der Waals surface area contributed by atoms with Crippen LogP contribution in [0.3, 0.4) is 0 Å². The molecule has 0 aromatic heterocycles. The molecule has 0 aliphatic carbocycles. The predicted octanol–water partition coefficient (Wildman–Crippen LogP) is 3.81. The molecule has 120 valence electrons. The van der Waals surface area contributed by atoms with E-state index in [1.165, 1.54) is 17.8 Å². The molecule has 0 radical (unpaired) electrons. The van der Waals surface area contributed by atoms with Crippen LogP contribution < -0.4 is 10.2 Å². The Balaban J connectivity index is 1.65. The second-order valence-electron chi connectivity index (χ2n) is 5.66. The number of nitro benzene ring substituents is 1. The molecule has 2 aromatic carbocycles. The summed E-state index contributed by atoms with van der Waals surface area (Å²) in [4.78, 5) is 12.9. The molecular formula is C17H18FN3O2. The van der Waals surface area contributed by atoms with Gasteiger partial charge < -0.3 is 10.2 Å². The number of hydrogen-bond acceptors (Lipinski definition) is 4. The predicted molar refractivity (Wildman–Crippen MR) is 88.4 cm³/mol. The van der Waals surface area contributed by atoms with Crippen molar-refractivity contribution in [2.45, 2.75) is 18.9 Å². The van der Waals surface area contributed by atoms with Gasteiger partial charge in [0, 0.05) is 37.0 Å². The zero-order valence-corrected chi connectivity index (χ0v) is 12.6. The van der Waals surface area contributed by atoms with Gasteiger partial charge in [0.15, 0.2) is 0 Å². The van der Waals surface area contributed by atoms with Crippen LogP contribution in [0.15, 0.2) is 48.5 Å². The van der Waals surface area contributed by atoms with Crippen LogP contribution in [-0.4, -0.2) is 24.1 Å². The van der Waals surface area contributed by atoms with Gasteiger partial charge in [0.1, 0.15) is 11.5 Å². The molecule has 5 nitrogen and oxygen atoms in total. The number of nitrogens with zero attached hydrogens (tertiary/aromatic N) is 2. The lowest BCUT2D eigenvalue weighted by Gasteiger charge is -2.34. The Morgan fingerprint density at radius 1 is 1.13 bits per heavy atom. The van der Waals surface area contributed by atoms with Crippen molar-refractivity contribution in [3.05, 3.63) is 64.5 Å². The molecule has 0 spiro atoms. The van der Waals surface area contributed by atoms with E-state index in [0.717, 1.165) is 32.0 Å². The molecule has 1 fully saturated rings. The van der Waals surface area contributed by atoms with Gasteiger partial charge in [-0.3, -0.25) is 10.1 Å². The van der Waals surface area contributed by atoms with E-state index in [4.69, 9.17) is 0 Å². The fourth-order valence-corrected chi connectivity index (χ4v) is 2.92. The van der Waals surface area contributed by atoms with Gasteiger partial charge >= 0.3 is 0 Å². The zero-order valence-electron chi connectivity index (χ0n) is 12.6. The standard InChI is InChI=1S/C17H18FN3O2/c18-13-6-7-17(21(22)23)16(12-13)19-14-8-10-20(11-9-14)15-4-2-1-3-5-15/h1-7,12,14,19H,8-11H2. The molecule has 1 heterocycles. The molecule has 6 heteroatoms. The molecule has 1 aliphatic rings. The van der Waals surface area contributed by atoms with E-state index < -0.39 is 10.7 Å². The minimum absolute atomic E-state index is 0.0862. The molecule has 3 rings (SSSR count). The van der Waals surface area contributed by atoms with Gasteiger partial charge in [-0.15, -0.1) is 0 Å². The molecule has 23 heavy (non-hydrogen) atoms. The van der Waals surface area contributed by atoms with E-state index >= 15 is 0 Å². The number of nitro groups is 1. The summed E-state index contributed by atoms with van der Waals surface area (Å²) >= 11 is 0. The summed E-state index contributed by atoms with van der Waals surface area (Å²) in [5, 5.41) is 14.2. The second-order valence-corrected chi connectivity index (χ2v) is 5.66. The fourth-order valence-electron chi connectivity index (χ4n) is 2.92. The summed E-state index contributed by atoms with van der Waals surface area (Å²) in [6.07, 6.45) is 1.70. The van der Waals surface area contributed by atoms with Gasteiger partial charge in [-0.1, -0.05) is 18.2 Å². The third kappa shape index (κ3) is 3.59. The molecular weight excluding hydrogens is 297 g/mol. The second kappa shape index (κ2) is 6.64. The number of rotatable bonds is 4. The highest BCUT2D eigenvalue weighted by Gasteiger charge is 2.22. The van der Waals surface area contributed by atoms with Gasteiger partial charge in [-0.25, -0.2) is 4.39 Å². The van der Waals surface area contributed by atoms with E-state index in [-0.39, 0.29) is 17.4 Å². The van der Waals surface area contributed by atoms with Crippen molar-refractivity contribution < 1.29 is 9.31 Å². The summed E-state index contributed by atoms with van der Waals surface area (Å²) < 4.78 is 13.4. The van der Waals surface area contributed by atoms with Crippen LogP contribution in [0, 0.1) is 15.9 Å². The fraction of sp³-hybridized carbons (Fsp3) is 0.294. The summed E-state index contributed by atoms with van der Waals surface area (Å²) in [5.74, 6) is -0.472. The molecule has 1 saturated heterocycles. The number of benzene rings is 2. The smallest absolute Gasteiger partial charge is 0.292 e. The number of hydrogen-bond donors (Lipinski definition) is 1. The first-order valence-corrected chi connectivity index (χ1v) is 7.64. The lowest BCUT2D eigenvalue weighted by Crippen LogP contribution is -2.39. The monoisotopic (exact) mass is 315 g/mol. The normalized spacial score (nSPS) is 15.4. The van der Waals surface area contributed by atoms with Crippen molar-refractivity contribution in [3.63, 3.8) is 0 Å². The Hall–Kier alpha value is -2.63. The van der Waals surface area contributed by atoms with E-state index in [1.807, 2.05) is 18.2 Å². The molecule has 0 atom stereocenters. The number of anilines is 2. The van der Waals surface area contributed by atoms with E-state index in [1.54, 1.807) is 0 Å². The van der Waals surface area contributed by atoms with Gasteiger partial charge in [0.05, 0.1) is 4.92 Å². The maximum absolute atomic E-state index is 13.4. The summed E-state index contributed by atoms with van der Waals surface area (Å²) in [5.41, 5.74) is 1.35. The van der Waals surface area contributed by atoms with Crippen molar-refractivity contribution in [2.75, 3.05) is 23.3 Å². The SMILES string of the molecule is O=[N+]([O-])c1ccc(F)cc1NC1CCN(c2ccccc2)CC1. The van der Waals surface area contributed by atoms with Crippen LogP contribution in [0.2, 0.25) is 0 Å². The number of para-hydroxylation sites is 1. The Morgan fingerprint density at radius 3 is 2.48 bits per heavy atom. The topological polar surface area (TPSA) is 58.4 Å². The molecule has 0 saturated carbocycles. The van der Waals surface area contributed by atoms with Crippen LogP contribution in [0.5, 0.6) is 0 Å². The van der Waals surface area contributed by atoms with Gasteiger partial charge in [-0.05, 0) is 31.0 Å². The summed E-state index contributed by atoms with van der Waals surface area (Å²) in [6.45, 7) is 1.73. The molecule has 0 unspecified atom stereocenters. The lowest BCUT2D eigenvalue weighted by molar-refractivity contribution is -0.384. The third-order valence-corrected chi connectivity index (χ3v) is 4.13. The summed E-state index contributed by atoms with van der Waals surface area (Å²) in [6, 6.07) is 13.8. The maximum atomic E-state index is 13.4. The van der Waals surface area contributed by atoms with Gasteiger partial charge in [0.2, 0.25) is 0 Å². The van der Waals surface area contributed by atoms with Crippen molar-refractivity contribution in [1.29, 1.82) is 0 Å². The molecule has 2 aromatic rings. The zero-order chi connectivity index (χ0) is 16.2. The van der Waals surface area contributed by atoms with Crippen molar-refractivity contribution in [3.8, 4) is 0 Å². The van der Waals surface area contributed by atoms with Crippen LogP contribution in [0.25, 0.3) is 0 Å². The minimum Gasteiger partial charge on any atom is -0.377 e. The largest absolute Gasteiger partial charge is 0.377 e. The highest BCUT2D eigenvalue weighted by Crippen LogP contribution is 2.28. The summed E-state index contributed by atoms with van der Waals surface area (Å²) in [7, 11) is 0. The lowest BCUT2D eigenvalue weighted by atomic mass is 10.0. The molecule has 1 aliphatic heterocycles. The van der Waals surface area contributed by atoms with Crippen molar-refractivity contribution in [2.24, 2.45) is 0 Å². The number of nitrogens with one attached hydrogen (secondary N) is 1. The third-order valence-electron chi connectivity index (χ3n) is 4.13. The minimum atomic E-state index is -0.485. The van der Waals surface area contributed by atoms with Gasteiger partial charge in [0.25, 0.3) is 5.69 Å². The molecule has 1 N–H and O–H groups in total. The Labute approximate surface area is 133 Å². The molecule has 0 bridgehead atoms. The number of halogens is 1. The maximum Gasteiger partial charge on any atom is 0.292 e. The van der Waals surface area contributed by atoms with Crippen LogP contribution in [-0.2, 0) is 0 Å². The van der Waals surface area contributed by atoms with Gasteiger partial charge in [-0.2, -0.15) is 0 Å². The highest BCUT2D eigenvalue weighted by atomic mass is 19.1. The molecule has 0 amide bonds. The Bertz CT molecular complexity index is 685. The van der Waals surface area contributed by atoms with Crippen molar-refractivity contribution in [1.82, 2.24) is 0 Å². The van der Waals surface area contributed by atoms with E-state index in [9.17, 15) is 14.5 Å². The van der Waals surface area contributed by atoms with Crippen LogP contribution >= 0.6 is 0 Å². The number of piperidine rings is 1. The average Bonchev–Trinajstić information content (AvgIpc) is 2.56.